The van der Waals surface area contributed by atoms with Crippen molar-refractivity contribution >= 4 is 5.57 Å². The Bertz CT molecular complexity index is 1050. The maximum atomic E-state index is 4.29. The number of hydrogen-bond acceptors (Lipinski definition) is 1. The molecule has 1 atom stereocenters. The lowest BCUT2D eigenvalue weighted by molar-refractivity contribution is 0.204. The van der Waals surface area contributed by atoms with Crippen molar-refractivity contribution in [3.8, 4) is 0 Å². The molecule has 2 aromatic rings. The lowest BCUT2D eigenvalue weighted by Gasteiger charge is -2.33. The van der Waals surface area contributed by atoms with E-state index in [-0.39, 0.29) is 0 Å². The second-order valence-corrected chi connectivity index (χ2v) is 11.3. The molecule has 35 heavy (non-hydrogen) atoms. The van der Waals surface area contributed by atoms with Gasteiger partial charge in [0, 0.05) is 6.54 Å². The van der Waals surface area contributed by atoms with Gasteiger partial charge in [-0.3, -0.25) is 4.90 Å². The topological polar surface area (TPSA) is 3.24 Å². The first-order chi connectivity index (χ1) is 16.6. The molecule has 1 fully saturated rings. The van der Waals surface area contributed by atoms with Crippen molar-refractivity contribution in [2.24, 2.45) is 5.92 Å². The van der Waals surface area contributed by atoms with Gasteiger partial charge in [-0.2, -0.15) is 0 Å². The van der Waals surface area contributed by atoms with E-state index >= 15 is 0 Å². The van der Waals surface area contributed by atoms with Crippen LogP contribution in [0.25, 0.3) is 5.57 Å². The van der Waals surface area contributed by atoms with Crippen molar-refractivity contribution in [1.29, 1.82) is 0 Å². The molecule has 0 saturated carbocycles. The molecule has 188 valence electrons. The van der Waals surface area contributed by atoms with Gasteiger partial charge in [0.15, 0.2) is 0 Å². The normalized spacial score (nSPS) is 15.7. The van der Waals surface area contributed by atoms with Crippen LogP contribution in [0.2, 0.25) is 0 Å². The standard InChI is InChI=1S/C34H47N/c1-24(2)9-12-29(25(3)4)13-14-32-22-31(15-16-34(32)26(5)6)30-17-19-35(20-18-30)23-33-21-27(7)10-11-28(33)8/h10-11,15-16,21-22,29-30H,1,3,5,9,12-14,17-20,23H2,2,4,6-8H3. The number of nitrogens with zero attached hydrogens (tertiary/aromatic N) is 1. The number of hydrogen-bond donors (Lipinski definition) is 0. The molecule has 0 N–H and O–H groups in total. The van der Waals surface area contributed by atoms with Crippen LogP contribution in [0.3, 0.4) is 0 Å². The first kappa shape index (κ1) is 27.2. The first-order valence-electron chi connectivity index (χ1n) is 13.5. The summed E-state index contributed by atoms with van der Waals surface area (Å²) in [5, 5.41) is 0. The molecule has 1 heterocycles. The molecule has 1 aliphatic rings. The molecule has 1 unspecified atom stereocenters. The quantitative estimate of drug-likeness (QED) is 0.296. The van der Waals surface area contributed by atoms with E-state index in [9.17, 15) is 0 Å². The molecule has 0 amide bonds. The van der Waals surface area contributed by atoms with Crippen LogP contribution in [0.15, 0.2) is 67.3 Å². The summed E-state index contributed by atoms with van der Waals surface area (Å²) in [7, 11) is 0. The highest BCUT2D eigenvalue weighted by molar-refractivity contribution is 5.65. The maximum Gasteiger partial charge on any atom is 0.0236 e. The fourth-order valence-corrected chi connectivity index (χ4v) is 5.51. The van der Waals surface area contributed by atoms with Crippen LogP contribution >= 0.6 is 0 Å². The summed E-state index contributed by atoms with van der Waals surface area (Å²) in [5.41, 5.74) is 12.3. The highest BCUT2D eigenvalue weighted by atomic mass is 15.1. The summed E-state index contributed by atoms with van der Waals surface area (Å²) in [6.07, 6.45) is 6.97. The minimum Gasteiger partial charge on any atom is -0.299 e. The van der Waals surface area contributed by atoms with Crippen molar-refractivity contribution in [3.05, 3.63) is 101 Å². The molecule has 1 heteroatoms. The fourth-order valence-electron chi connectivity index (χ4n) is 5.51. The van der Waals surface area contributed by atoms with Gasteiger partial charge < -0.3 is 0 Å². The SMILES string of the molecule is C=C(C)CCC(CCc1cc(C2CCN(Cc3cc(C)ccc3C)CC2)ccc1C(=C)C)C(=C)C. The van der Waals surface area contributed by atoms with E-state index in [4.69, 9.17) is 0 Å². The Kier molecular flexibility index (Phi) is 9.75. The Morgan fingerprint density at radius 1 is 0.914 bits per heavy atom. The third-order valence-electron chi connectivity index (χ3n) is 7.93. The second kappa shape index (κ2) is 12.5. The molecule has 2 aromatic carbocycles. The lowest BCUT2D eigenvalue weighted by Crippen LogP contribution is -2.32. The molecule has 0 spiro atoms. The number of rotatable bonds is 11. The first-order valence-corrected chi connectivity index (χ1v) is 13.5. The number of aryl methyl sites for hydroxylation is 3. The molecule has 1 nitrogen and oxygen atoms in total. The van der Waals surface area contributed by atoms with Gasteiger partial charge in [-0.1, -0.05) is 71.8 Å². The van der Waals surface area contributed by atoms with Crippen molar-refractivity contribution in [3.63, 3.8) is 0 Å². The molecule has 0 radical (unpaired) electrons. The summed E-state index contributed by atoms with van der Waals surface area (Å²) in [6.45, 7) is 27.0. The minimum absolute atomic E-state index is 0.557. The van der Waals surface area contributed by atoms with Gasteiger partial charge in [-0.25, -0.2) is 0 Å². The van der Waals surface area contributed by atoms with Crippen LogP contribution in [-0.2, 0) is 13.0 Å². The van der Waals surface area contributed by atoms with Crippen LogP contribution < -0.4 is 0 Å². The maximum absolute atomic E-state index is 4.29. The molecule has 0 bridgehead atoms. The zero-order chi connectivity index (χ0) is 25.5. The summed E-state index contributed by atoms with van der Waals surface area (Å²) < 4.78 is 0. The van der Waals surface area contributed by atoms with Gasteiger partial charge in [0.25, 0.3) is 0 Å². The number of piperidine rings is 1. The molecule has 0 aromatic heterocycles. The van der Waals surface area contributed by atoms with Gasteiger partial charge in [0.1, 0.15) is 0 Å². The number of allylic oxidation sites excluding steroid dienone is 3. The van der Waals surface area contributed by atoms with E-state index in [1.54, 1.807) is 0 Å². The molecule has 3 rings (SSSR count). The third kappa shape index (κ3) is 7.80. The average molecular weight is 470 g/mol. The van der Waals surface area contributed by atoms with Crippen molar-refractivity contribution < 1.29 is 0 Å². The third-order valence-corrected chi connectivity index (χ3v) is 7.93. The van der Waals surface area contributed by atoms with Gasteiger partial charge in [0.2, 0.25) is 0 Å². The van der Waals surface area contributed by atoms with Crippen LogP contribution in [0.5, 0.6) is 0 Å². The van der Waals surface area contributed by atoms with E-state index in [1.807, 2.05) is 0 Å². The predicted molar refractivity (Wildman–Crippen MR) is 155 cm³/mol. The molecular formula is C34H47N. The zero-order valence-corrected chi connectivity index (χ0v) is 23.1. The summed E-state index contributed by atoms with van der Waals surface area (Å²) >= 11 is 0. The molecule has 1 aliphatic heterocycles. The second-order valence-electron chi connectivity index (χ2n) is 11.3. The van der Waals surface area contributed by atoms with Gasteiger partial charge >= 0.3 is 0 Å². The van der Waals surface area contributed by atoms with E-state index < -0.39 is 0 Å². The average Bonchev–Trinajstić information content (AvgIpc) is 2.81. The van der Waals surface area contributed by atoms with Crippen molar-refractivity contribution in [1.82, 2.24) is 4.90 Å². The van der Waals surface area contributed by atoms with Gasteiger partial charge in [-0.05, 0) is 126 Å². The summed E-state index contributed by atoms with van der Waals surface area (Å²) in [5.74, 6) is 1.21. The lowest BCUT2D eigenvalue weighted by atomic mass is 9.84. The smallest absolute Gasteiger partial charge is 0.0236 e. The molecule has 1 saturated heterocycles. The van der Waals surface area contributed by atoms with Crippen molar-refractivity contribution in [2.75, 3.05) is 13.1 Å². The zero-order valence-electron chi connectivity index (χ0n) is 23.1. The summed E-state index contributed by atoms with van der Waals surface area (Å²) in [4.78, 5) is 2.64. The van der Waals surface area contributed by atoms with Gasteiger partial charge in [0.05, 0.1) is 0 Å². The molecular weight excluding hydrogens is 422 g/mol. The Balaban J connectivity index is 1.66. The molecule has 0 aliphatic carbocycles. The highest BCUT2D eigenvalue weighted by Gasteiger charge is 2.22. The van der Waals surface area contributed by atoms with E-state index in [0.29, 0.717) is 11.8 Å². The number of likely N-dealkylation sites (tertiary alicyclic amines) is 1. The Labute approximate surface area is 215 Å². The monoisotopic (exact) mass is 469 g/mol. The van der Waals surface area contributed by atoms with E-state index in [1.165, 1.54) is 76.0 Å². The summed E-state index contributed by atoms with van der Waals surface area (Å²) in [6, 6.07) is 14.0. The Hall–Kier alpha value is -2.38. The van der Waals surface area contributed by atoms with Crippen LogP contribution in [0, 0.1) is 19.8 Å². The van der Waals surface area contributed by atoms with Crippen LogP contribution in [0.1, 0.15) is 92.2 Å². The van der Waals surface area contributed by atoms with Gasteiger partial charge in [-0.15, -0.1) is 6.58 Å². The largest absolute Gasteiger partial charge is 0.299 e. The predicted octanol–water partition coefficient (Wildman–Crippen LogP) is 9.20. The minimum atomic E-state index is 0.557. The Morgan fingerprint density at radius 2 is 1.63 bits per heavy atom. The van der Waals surface area contributed by atoms with Crippen molar-refractivity contribution in [2.45, 2.75) is 85.6 Å². The Morgan fingerprint density at radius 3 is 2.26 bits per heavy atom. The van der Waals surface area contributed by atoms with Crippen LogP contribution in [0.4, 0.5) is 0 Å². The van der Waals surface area contributed by atoms with E-state index in [0.717, 1.165) is 32.2 Å². The van der Waals surface area contributed by atoms with Crippen LogP contribution in [-0.4, -0.2) is 18.0 Å². The number of benzene rings is 2. The van der Waals surface area contributed by atoms with E-state index in [2.05, 4.69) is 95.7 Å². The fraction of sp³-hybridized carbons (Fsp3) is 0.471. The highest BCUT2D eigenvalue weighted by Crippen LogP contribution is 2.33.